The lowest BCUT2D eigenvalue weighted by Gasteiger charge is -2.31. The molecule has 122 valence electrons. The number of ether oxygens (including phenoxy) is 3. The minimum absolute atomic E-state index is 0.0476. The average molecular weight is 290 g/mol. The van der Waals surface area contributed by atoms with E-state index >= 15 is 0 Å². The molecule has 20 heavy (non-hydrogen) atoms. The van der Waals surface area contributed by atoms with Crippen molar-refractivity contribution in [1.29, 1.82) is 0 Å². The highest BCUT2D eigenvalue weighted by Gasteiger charge is 2.26. The molecule has 0 aliphatic rings. The molecule has 0 radical (unpaired) electrons. The molecule has 0 aromatic rings. The van der Waals surface area contributed by atoms with Gasteiger partial charge in [-0.25, -0.2) is 0 Å². The van der Waals surface area contributed by atoms with Crippen molar-refractivity contribution in [2.24, 2.45) is 11.3 Å². The van der Waals surface area contributed by atoms with Crippen LogP contribution >= 0.6 is 0 Å². The highest BCUT2D eigenvalue weighted by Crippen LogP contribution is 2.30. The molecule has 0 aromatic heterocycles. The Hall–Kier alpha value is -0.160. The maximum atomic E-state index is 9.42. The number of unbranched alkanes of at least 4 members (excludes halogenated alkanes) is 1. The van der Waals surface area contributed by atoms with Gasteiger partial charge in [0.05, 0.1) is 26.4 Å². The second-order valence-corrected chi connectivity index (χ2v) is 5.91. The Bertz CT molecular complexity index is 209. The van der Waals surface area contributed by atoms with E-state index in [0.29, 0.717) is 39.0 Å². The molecule has 0 bridgehead atoms. The summed E-state index contributed by atoms with van der Waals surface area (Å²) in [5.41, 5.74) is -0.0476. The van der Waals surface area contributed by atoms with Crippen LogP contribution in [0, 0.1) is 11.3 Å². The molecular formula is C16H34O4. The topological polar surface area (TPSA) is 47.9 Å². The van der Waals surface area contributed by atoms with Crippen molar-refractivity contribution in [1.82, 2.24) is 0 Å². The second-order valence-electron chi connectivity index (χ2n) is 5.91. The predicted octanol–water partition coefficient (Wildman–Crippen LogP) is 2.88. The number of aliphatic hydroxyl groups excluding tert-OH is 1. The van der Waals surface area contributed by atoms with E-state index in [0.717, 1.165) is 25.9 Å². The molecule has 4 heteroatoms. The first-order chi connectivity index (χ1) is 9.56. The highest BCUT2D eigenvalue weighted by molar-refractivity contribution is 4.76. The van der Waals surface area contributed by atoms with Crippen molar-refractivity contribution in [3.8, 4) is 0 Å². The lowest BCUT2D eigenvalue weighted by molar-refractivity contribution is -0.00163. The van der Waals surface area contributed by atoms with Crippen LogP contribution in [0.1, 0.15) is 47.0 Å². The summed E-state index contributed by atoms with van der Waals surface area (Å²) in [6.45, 7) is 12.7. The van der Waals surface area contributed by atoms with E-state index in [-0.39, 0.29) is 12.0 Å². The first-order valence-electron chi connectivity index (χ1n) is 7.91. The Morgan fingerprint density at radius 1 is 0.900 bits per heavy atom. The lowest BCUT2D eigenvalue weighted by Crippen LogP contribution is -2.29. The van der Waals surface area contributed by atoms with Crippen LogP contribution in [0.3, 0.4) is 0 Å². The highest BCUT2D eigenvalue weighted by atomic mass is 16.5. The molecule has 0 saturated heterocycles. The standard InChI is InChI=1S/C16H34O4/c1-5-6-8-18-10-12-20-13-11-19-9-7-16(4,14-17)15(2)3/h15,17H,5-14H2,1-4H3. The molecule has 1 unspecified atom stereocenters. The zero-order valence-electron chi connectivity index (χ0n) is 13.8. The van der Waals surface area contributed by atoms with E-state index < -0.39 is 0 Å². The van der Waals surface area contributed by atoms with Crippen LogP contribution in [-0.2, 0) is 14.2 Å². The van der Waals surface area contributed by atoms with E-state index in [1.165, 1.54) is 0 Å². The van der Waals surface area contributed by atoms with Crippen LogP contribution in [0.5, 0.6) is 0 Å². The summed E-state index contributed by atoms with van der Waals surface area (Å²) < 4.78 is 16.4. The van der Waals surface area contributed by atoms with Crippen molar-refractivity contribution in [3.63, 3.8) is 0 Å². The third kappa shape index (κ3) is 9.70. The van der Waals surface area contributed by atoms with Gasteiger partial charge in [0, 0.05) is 19.8 Å². The van der Waals surface area contributed by atoms with Crippen LogP contribution in [0.15, 0.2) is 0 Å². The fourth-order valence-electron chi connectivity index (χ4n) is 1.64. The van der Waals surface area contributed by atoms with Crippen molar-refractivity contribution < 1.29 is 19.3 Å². The Balaban J connectivity index is 3.32. The smallest absolute Gasteiger partial charge is 0.0701 e. The SMILES string of the molecule is CCCCOCCOCCOCCC(C)(CO)C(C)C. The van der Waals surface area contributed by atoms with Gasteiger partial charge in [0.2, 0.25) is 0 Å². The van der Waals surface area contributed by atoms with Crippen LogP contribution in [0.4, 0.5) is 0 Å². The van der Waals surface area contributed by atoms with Crippen LogP contribution in [0.25, 0.3) is 0 Å². The normalized spacial score (nSPS) is 14.7. The number of rotatable bonds is 14. The molecule has 0 saturated carbocycles. The van der Waals surface area contributed by atoms with Gasteiger partial charge in [0.15, 0.2) is 0 Å². The molecule has 0 aliphatic heterocycles. The van der Waals surface area contributed by atoms with Gasteiger partial charge in [0.25, 0.3) is 0 Å². The van der Waals surface area contributed by atoms with Gasteiger partial charge in [-0.1, -0.05) is 34.1 Å². The fraction of sp³-hybridized carbons (Fsp3) is 1.00. The van der Waals surface area contributed by atoms with Gasteiger partial charge >= 0.3 is 0 Å². The molecule has 0 rings (SSSR count). The van der Waals surface area contributed by atoms with E-state index in [1.807, 2.05) is 0 Å². The lowest BCUT2D eigenvalue weighted by atomic mass is 9.77. The molecule has 0 heterocycles. The Morgan fingerprint density at radius 3 is 1.85 bits per heavy atom. The molecular weight excluding hydrogens is 256 g/mol. The number of hydrogen-bond acceptors (Lipinski definition) is 4. The fourth-order valence-corrected chi connectivity index (χ4v) is 1.64. The summed E-state index contributed by atoms with van der Waals surface area (Å²) in [4.78, 5) is 0. The van der Waals surface area contributed by atoms with Gasteiger partial charge in [-0.15, -0.1) is 0 Å². The minimum atomic E-state index is -0.0476. The van der Waals surface area contributed by atoms with Crippen molar-refractivity contribution in [2.75, 3.05) is 46.2 Å². The van der Waals surface area contributed by atoms with E-state index in [4.69, 9.17) is 14.2 Å². The molecule has 0 spiro atoms. The van der Waals surface area contributed by atoms with Crippen molar-refractivity contribution >= 4 is 0 Å². The van der Waals surface area contributed by atoms with Crippen LogP contribution in [-0.4, -0.2) is 51.4 Å². The summed E-state index contributed by atoms with van der Waals surface area (Å²) >= 11 is 0. The summed E-state index contributed by atoms with van der Waals surface area (Å²) in [5.74, 6) is 0.451. The molecule has 1 atom stereocenters. The van der Waals surface area contributed by atoms with Crippen molar-refractivity contribution in [3.05, 3.63) is 0 Å². The Labute approximate surface area is 124 Å². The van der Waals surface area contributed by atoms with Gasteiger partial charge in [-0.05, 0) is 24.2 Å². The van der Waals surface area contributed by atoms with E-state index in [1.54, 1.807) is 0 Å². The van der Waals surface area contributed by atoms with Crippen molar-refractivity contribution in [2.45, 2.75) is 47.0 Å². The molecule has 4 nitrogen and oxygen atoms in total. The average Bonchev–Trinajstić information content (AvgIpc) is 2.44. The maximum Gasteiger partial charge on any atom is 0.0701 e. The molecule has 0 amide bonds. The Morgan fingerprint density at radius 2 is 1.40 bits per heavy atom. The largest absolute Gasteiger partial charge is 0.396 e. The van der Waals surface area contributed by atoms with Gasteiger partial charge in [0.1, 0.15) is 0 Å². The first kappa shape index (κ1) is 19.8. The molecule has 0 aromatic carbocycles. The van der Waals surface area contributed by atoms with Crippen LogP contribution < -0.4 is 0 Å². The summed E-state index contributed by atoms with van der Waals surface area (Å²) in [6, 6.07) is 0. The van der Waals surface area contributed by atoms with Crippen LogP contribution in [0.2, 0.25) is 0 Å². The molecule has 1 N–H and O–H groups in total. The molecule has 0 aliphatic carbocycles. The van der Waals surface area contributed by atoms with E-state index in [9.17, 15) is 5.11 Å². The maximum absolute atomic E-state index is 9.42. The third-order valence-corrected chi connectivity index (χ3v) is 3.96. The predicted molar refractivity (Wildman–Crippen MR) is 82.0 cm³/mol. The quantitative estimate of drug-likeness (QED) is 0.500. The van der Waals surface area contributed by atoms with Gasteiger partial charge in [-0.2, -0.15) is 0 Å². The van der Waals surface area contributed by atoms with E-state index in [2.05, 4.69) is 27.7 Å². The zero-order valence-corrected chi connectivity index (χ0v) is 13.8. The molecule has 0 fully saturated rings. The first-order valence-corrected chi connectivity index (χ1v) is 7.91. The number of hydrogen-bond donors (Lipinski definition) is 1. The number of aliphatic hydroxyl groups is 1. The summed E-state index contributed by atoms with van der Waals surface area (Å²) in [5, 5.41) is 9.42. The monoisotopic (exact) mass is 290 g/mol. The van der Waals surface area contributed by atoms with Gasteiger partial charge in [-0.3, -0.25) is 0 Å². The zero-order chi connectivity index (χ0) is 15.3. The third-order valence-electron chi connectivity index (χ3n) is 3.96. The second kappa shape index (κ2) is 12.6. The van der Waals surface area contributed by atoms with Gasteiger partial charge < -0.3 is 19.3 Å². The summed E-state index contributed by atoms with van der Waals surface area (Å²) in [6.07, 6.45) is 3.15. The summed E-state index contributed by atoms with van der Waals surface area (Å²) in [7, 11) is 0. The minimum Gasteiger partial charge on any atom is -0.396 e. The Kier molecular flexibility index (Phi) is 12.5.